The van der Waals surface area contributed by atoms with E-state index in [4.69, 9.17) is 11.6 Å². The number of nitrogens with one attached hydrogen (secondary N) is 1. The molecule has 0 aliphatic heterocycles. The van der Waals surface area contributed by atoms with Crippen LogP contribution in [0.2, 0.25) is 5.02 Å². The van der Waals surface area contributed by atoms with Crippen molar-refractivity contribution in [3.05, 3.63) is 49.4 Å². The minimum Gasteiger partial charge on any atom is -0.380 e. The lowest BCUT2D eigenvalue weighted by Crippen LogP contribution is -1.98. The lowest BCUT2D eigenvalue weighted by Gasteiger charge is -2.04. The van der Waals surface area contributed by atoms with Crippen molar-refractivity contribution in [3.63, 3.8) is 0 Å². The molecule has 0 radical (unpaired) electrons. The van der Waals surface area contributed by atoms with Crippen molar-refractivity contribution in [2.45, 2.75) is 19.9 Å². The van der Waals surface area contributed by atoms with Gasteiger partial charge in [0.05, 0.1) is 16.5 Å². The van der Waals surface area contributed by atoms with Crippen LogP contribution in [0.25, 0.3) is 0 Å². The van der Waals surface area contributed by atoms with Crippen molar-refractivity contribution >= 4 is 34.3 Å². The first-order valence-electron chi connectivity index (χ1n) is 5.71. The van der Waals surface area contributed by atoms with Gasteiger partial charge in [0.1, 0.15) is 5.02 Å². The Morgan fingerprint density at radius 1 is 1.53 bits per heavy atom. The molecular weight excluding hydrogens is 286 g/mol. The number of hydrogen-bond acceptors (Lipinski definition) is 5. The fourth-order valence-corrected chi connectivity index (χ4v) is 2.53. The van der Waals surface area contributed by atoms with Gasteiger partial charge in [-0.1, -0.05) is 18.5 Å². The normalized spacial score (nSPS) is 10.4. The molecule has 0 bridgehead atoms. The van der Waals surface area contributed by atoms with Crippen LogP contribution in [0.4, 0.5) is 11.4 Å². The largest absolute Gasteiger partial charge is 0.380 e. The molecule has 0 saturated heterocycles. The van der Waals surface area contributed by atoms with Crippen molar-refractivity contribution in [1.82, 2.24) is 4.98 Å². The highest BCUT2D eigenvalue weighted by Gasteiger charge is 2.12. The summed E-state index contributed by atoms with van der Waals surface area (Å²) >= 11 is 7.39. The van der Waals surface area contributed by atoms with Crippen molar-refractivity contribution in [3.8, 4) is 0 Å². The number of aryl methyl sites for hydroxylation is 1. The van der Waals surface area contributed by atoms with Crippen LogP contribution < -0.4 is 5.32 Å². The molecule has 1 aromatic heterocycles. The van der Waals surface area contributed by atoms with Crippen LogP contribution in [0.15, 0.2) is 24.4 Å². The predicted molar refractivity (Wildman–Crippen MR) is 76.9 cm³/mol. The minimum atomic E-state index is -0.491. The predicted octanol–water partition coefficient (Wildman–Crippen LogP) is 3.88. The van der Waals surface area contributed by atoms with Crippen LogP contribution in [0, 0.1) is 10.1 Å². The number of aromatic nitrogens is 1. The summed E-state index contributed by atoms with van der Waals surface area (Å²) in [6.07, 6.45) is 2.73. The molecule has 0 aliphatic carbocycles. The topological polar surface area (TPSA) is 68.1 Å². The van der Waals surface area contributed by atoms with E-state index in [0.717, 1.165) is 16.3 Å². The molecule has 0 spiro atoms. The molecule has 100 valence electrons. The van der Waals surface area contributed by atoms with E-state index in [2.05, 4.69) is 17.2 Å². The first-order valence-corrected chi connectivity index (χ1v) is 6.91. The SMILES string of the molecule is CCc1ncc(CNc2ccc(Cl)c([N+](=O)[O-])c2)s1. The number of anilines is 1. The molecule has 1 aromatic carbocycles. The molecule has 1 heterocycles. The van der Waals surface area contributed by atoms with Gasteiger partial charge in [0.2, 0.25) is 0 Å². The Labute approximate surface area is 119 Å². The third kappa shape index (κ3) is 3.42. The van der Waals surface area contributed by atoms with E-state index in [-0.39, 0.29) is 10.7 Å². The standard InChI is InChI=1S/C12H12ClN3O2S/c1-2-12-15-7-9(19-12)6-14-8-3-4-10(13)11(5-8)16(17)18/h3-5,7,14H,2,6H2,1H3. The fourth-order valence-electron chi connectivity index (χ4n) is 1.54. The summed E-state index contributed by atoms with van der Waals surface area (Å²) in [5, 5.41) is 15.1. The summed E-state index contributed by atoms with van der Waals surface area (Å²) in [4.78, 5) is 15.6. The van der Waals surface area contributed by atoms with E-state index in [9.17, 15) is 10.1 Å². The maximum atomic E-state index is 10.8. The van der Waals surface area contributed by atoms with E-state index in [1.807, 2.05) is 6.20 Å². The first kappa shape index (κ1) is 13.8. The smallest absolute Gasteiger partial charge is 0.289 e. The maximum absolute atomic E-state index is 10.8. The van der Waals surface area contributed by atoms with Gasteiger partial charge in [-0.3, -0.25) is 10.1 Å². The molecule has 0 amide bonds. The van der Waals surface area contributed by atoms with E-state index >= 15 is 0 Å². The van der Waals surface area contributed by atoms with Gasteiger partial charge in [0, 0.05) is 22.8 Å². The summed E-state index contributed by atoms with van der Waals surface area (Å²) < 4.78 is 0. The number of rotatable bonds is 5. The maximum Gasteiger partial charge on any atom is 0.289 e. The van der Waals surface area contributed by atoms with Crippen LogP contribution in [0.3, 0.4) is 0 Å². The molecule has 0 saturated carbocycles. The minimum absolute atomic E-state index is 0.0924. The van der Waals surface area contributed by atoms with Gasteiger partial charge in [-0.15, -0.1) is 11.3 Å². The number of halogens is 1. The van der Waals surface area contributed by atoms with Gasteiger partial charge in [0.15, 0.2) is 0 Å². The number of nitrogens with zero attached hydrogens (tertiary/aromatic N) is 2. The second-order valence-corrected chi connectivity index (χ2v) is 5.46. The second kappa shape index (κ2) is 5.99. The number of nitro benzene ring substituents is 1. The number of hydrogen-bond donors (Lipinski definition) is 1. The van der Waals surface area contributed by atoms with Gasteiger partial charge in [-0.25, -0.2) is 4.98 Å². The Morgan fingerprint density at radius 2 is 2.32 bits per heavy atom. The average Bonchev–Trinajstić information content (AvgIpc) is 2.85. The molecule has 0 unspecified atom stereocenters. The Bertz CT molecular complexity index is 600. The lowest BCUT2D eigenvalue weighted by molar-refractivity contribution is -0.384. The zero-order chi connectivity index (χ0) is 13.8. The van der Waals surface area contributed by atoms with E-state index in [1.54, 1.807) is 17.4 Å². The van der Waals surface area contributed by atoms with Crippen LogP contribution in [-0.2, 0) is 13.0 Å². The third-order valence-electron chi connectivity index (χ3n) is 2.51. The van der Waals surface area contributed by atoms with Crippen LogP contribution >= 0.6 is 22.9 Å². The van der Waals surface area contributed by atoms with E-state index < -0.39 is 4.92 Å². The molecule has 7 heteroatoms. The molecule has 19 heavy (non-hydrogen) atoms. The highest BCUT2D eigenvalue weighted by molar-refractivity contribution is 7.11. The third-order valence-corrected chi connectivity index (χ3v) is 3.97. The van der Waals surface area contributed by atoms with Crippen molar-refractivity contribution in [2.24, 2.45) is 0 Å². The summed E-state index contributed by atoms with van der Waals surface area (Å²) in [7, 11) is 0. The van der Waals surface area contributed by atoms with E-state index in [1.165, 1.54) is 12.1 Å². The molecule has 2 rings (SSSR count). The van der Waals surface area contributed by atoms with Gasteiger partial charge in [-0.05, 0) is 18.6 Å². The Hall–Kier alpha value is -1.66. The lowest BCUT2D eigenvalue weighted by atomic mass is 10.3. The van der Waals surface area contributed by atoms with Crippen LogP contribution in [0.1, 0.15) is 16.8 Å². The molecule has 2 aromatic rings. The summed E-state index contributed by atoms with van der Waals surface area (Å²) in [5.41, 5.74) is 0.577. The molecule has 0 atom stereocenters. The Balaban J connectivity index is 2.07. The van der Waals surface area contributed by atoms with Crippen LogP contribution in [-0.4, -0.2) is 9.91 Å². The highest BCUT2D eigenvalue weighted by Crippen LogP contribution is 2.27. The quantitative estimate of drug-likeness (QED) is 0.672. The molecule has 1 N–H and O–H groups in total. The highest BCUT2D eigenvalue weighted by atomic mass is 35.5. The number of thiazole rings is 1. The van der Waals surface area contributed by atoms with Gasteiger partial charge in [-0.2, -0.15) is 0 Å². The van der Waals surface area contributed by atoms with Crippen molar-refractivity contribution < 1.29 is 4.92 Å². The van der Waals surface area contributed by atoms with Crippen molar-refractivity contribution in [1.29, 1.82) is 0 Å². The molecule has 0 aliphatic rings. The summed E-state index contributed by atoms with van der Waals surface area (Å²) in [6.45, 7) is 2.65. The molecular formula is C12H12ClN3O2S. The van der Waals surface area contributed by atoms with Gasteiger partial charge >= 0.3 is 0 Å². The Kier molecular flexibility index (Phi) is 4.34. The zero-order valence-electron chi connectivity index (χ0n) is 10.2. The number of nitro groups is 1. The second-order valence-electron chi connectivity index (χ2n) is 3.85. The summed E-state index contributed by atoms with van der Waals surface area (Å²) in [6, 6.07) is 4.67. The Morgan fingerprint density at radius 3 is 2.95 bits per heavy atom. The molecule has 0 fully saturated rings. The zero-order valence-corrected chi connectivity index (χ0v) is 11.8. The first-order chi connectivity index (χ1) is 9.10. The van der Waals surface area contributed by atoms with E-state index in [0.29, 0.717) is 12.2 Å². The van der Waals surface area contributed by atoms with Gasteiger partial charge < -0.3 is 5.32 Å². The summed E-state index contributed by atoms with van der Waals surface area (Å²) in [5.74, 6) is 0. The molecule has 5 nitrogen and oxygen atoms in total. The van der Waals surface area contributed by atoms with Crippen molar-refractivity contribution in [2.75, 3.05) is 5.32 Å². The van der Waals surface area contributed by atoms with Crippen LogP contribution in [0.5, 0.6) is 0 Å². The fraction of sp³-hybridized carbons (Fsp3) is 0.250. The number of benzene rings is 1. The average molecular weight is 298 g/mol. The van der Waals surface area contributed by atoms with Gasteiger partial charge in [0.25, 0.3) is 5.69 Å². The monoisotopic (exact) mass is 297 g/mol.